The fourth-order valence-corrected chi connectivity index (χ4v) is 4.44. The predicted octanol–water partition coefficient (Wildman–Crippen LogP) is 2.66. The van der Waals surface area contributed by atoms with Crippen molar-refractivity contribution < 1.29 is 0 Å². The summed E-state index contributed by atoms with van der Waals surface area (Å²) < 4.78 is 0. The van der Waals surface area contributed by atoms with Crippen molar-refractivity contribution in [3.63, 3.8) is 0 Å². The van der Waals surface area contributed by atoms with E-state index < -0.39 is 0 Å². The zero-order valence-electron chi connectivity index (χ0n) is 15.9. The second-order valence-corrected chi connectivity index (χ2v) is 7.82. The summed E-state index contributed by atoms with van der Waals surface area (Å²) in [5.74, 6) is 1.48. The summed E-state index contributed by atoms with van der Waals surface area (Å²) in [6.07, 6.45) is 3.32. The topological polar surface area (TPSA) is 79.1 Å². The molecule has 3 aromatic rings. The summed E-state index contributed by atoms with van der Waals surface area (Å²) in [6, 6.07) is 19.1. The molecule has 0 spiro atoms. The molecule has 144 valence electrons. The number of nitrogens with one attached hydrogen (secondary N) is 2. The van der Waals surface area contributed by atoms with Crippen LogP contribution >= 0.6 is 0 Å². The third-order valence-electron chi connectivity index (χ3n) is 5.99. The molecular weight excluding hydrogens is 348 g/mol. The molecule has 28 heavy (non-hydrogen) atoms. The predicted molar refractivity (Wildman–Crippen MR) is 113 cm³/mol. The van der Waals surface area contributed by atoms with E-state index in [1.807, 2.05) is 12.1 Å². The first kappa shape index (κ1) is 17.6. The molecule has 2 saturated heterocycles. The molecule has 1 aromatic heterocycles. The number of para-hydroxylation sites is 1. The number of aromatic nitrogens is 2. The largest absolute Gasteiger partial charge is 0.341 e. The van der Waals surface area contributed by atoms with Crippen LogP contribution in [0.2, 0.25) is 0 Å². The summed E-state index contributed by atoms with van der Waals surface area (Å²) in [7, 11) is 0. The molecule has 0 aliphatic carbocycles. The molecule has 2 atom stereocenters. The van der Waals surface area contributed by atoms with E-state index in [-0.39, 0.29) is 6.17 Å². The van der Waals surface area contributed by atoms with Gasteiger partial charge in [-0.1, -0.05) is 48.5 Å². The molecule has 3 heterocycles. The first-order valence-electron chi connectivity index (χ1n) is 10.1. The van der Waals surface area contributed by atoms with Gasteiger partial charge in [0.2, 0.25) is 5.95 Å². The van der Waals surface area contributed by atoms with Crippen molar-refractivity contribution in [2.24, 2.45) is 11.7 Å². The van der Waals surface area contributed by atoms with Gasteiger partial charge in [-0.05, 0) is 31.2 Å². The van der Waals surface area contributed by atoms with E-state index in [1.54, 1.807) is 0 Å². The van der Waals surface area contributed by atoms with Crippen LogP contribution in [-0.4, -0.2) is 35.3 Å². The molecule has 2 aliphatic rings. The Labute approximate surface area is 165 Å². The zero-order valence-corrected chi connectivity index (χ0v) is 15.9. The van der Waals surface area contributed by atoms with Crippen LogP contribution in [0.25, 0.3) is 22.2 Å². The third kappa shape index (κ3) is 3.35. The molecule has 2 aliphatic heterocycles. The SMILES string of the molecule is NC1CC(C2CCN(c3nc(-c4ccccc4)c4ccccc4n3)CC2)NN1. The Hall–Kier alpha value is -2.54. The molecule has 5 rings (SSSR count). The Bertz CT molecular complexity index is 952. The van der Waals surface area contributed by atoms with E-state index in [0.29, 0.717) is 12.0 Å². The molecule has 6 nitrogen and oxygen atoms in total. The molecule has 0 amide bonds. The maximum absolute atomic E-state index is 5.97. The number of nitrogens with zero attached hydrogens (tertiary/aromatic N) is 3. The first-order chi connectivity index (χ1) is 13.8. The Kier molecular flexibility index (Phi) is 4.68. The van der Waals surface area contributed by atoms with E-state index in [4.69, 9.17) is 15.7 Å². The molecular formula is C22H26N6. The average molecular weight is 374 g/mol. The minimum Gasteiger partial charge on any atom is -0.341 e. The Morgan fingerprint density at radius 3 is 2.39 bits per heavy atom. The van der Waals surface area contributed by atoms with Gasteiger partial charge in [-0.15, -0.1) is 0 Å². The highest BCUT2D eigenvalue weighted by molar-refractivity contribution is 5.93. The number of hydrazine groups is 1. The number of hydrogen-bond donors (Lipinski definition) is 3. The lowest BCUT2D eigenvalue weighted by molar-refractivity contribution is 0.309. The van der Waals surface area contributed by atoms with Gasteiger partial charge in [-0.2, -0.15) is 0 Å². The third-order valence-corrected chi connectivity index (χ3v) is 5.99. The van der Waals surface area contributed by atoms with Crippen LogP contribution in [0.1, 0.15) is 19.3 Å². The van der Waals surface area contributed by atoms with Gasteiger partial charge in [0.15, 0.2) is 0 Å². The van der Waals surface area contributed by atoms with Crippen LogP contribution in [0.4, 0.5) is 5.95 Å². The van der Waals surface area contributed by atoms with E-state index in [2.05, 4.69) is 58.2 Å². The highest BCUT2D eigenvalue weighted by Crippen LogP contribution is 2.31. The lowest BCUT2D eigenvalue weighted by Gasteiger charge is -2.34. The normalized spacial score (nSPS) is 23.4. The van der Waals surface area contributed by atoms with Crippen LogP contribution in [0, 0.1) is 5.92 Å². The van der Waals surface area contributed by atoms with E-state index in [0.717, 1.165) is 60.5 Å². The summed E-state index contributed by atoms with van der Waals surface area (Å²) in [5, 5.41) is 1.10. The quantitative estimate of drug-likeness (QED) is 0.654. The van der Waals surface area contributed by atoms with Gasteiger partial charge in [0.05, 0.1) is 17.4 Å². The number of piperidine rings is 1. The standard InChI is InChI=1S/C22H26N6/c23-20-14-19(26-27-20)15-10-12-28(13-11-15)22-24-18-9-5-4-8-17(18)21(25-22)16-6-2-1-3-7-16/h1-9,15,19-20,26-27H,10-14,23H2. The van der Waals surface area contributed by atoms with Crippen molar-refractivity contribution >= 4 is 16.9 Å². The number of anilines is 1. The Balaban J connectivity index is 1.42. The lowest BCUT2D eigenvalue weighted by Crippen LogP contribution is -2.43. The highest BCUT2D eigenvalue weighted by atomic mass is 15.4. The highest BCUT2D eigenvalue weighted by Gasteiger charge is 2.32. The van der Waals surface area contributed by atoms with Crippen molar-refractivity contribution in [3.05, 3.63) is 54.6 Å². The second-order valence-electron chi connectivity index (χ2n) is 7.82. The van der Waals surface area contributed by atoms with Crippen molar-refractivity contribution in [1.29, 1.82) is 0 Å². The Morgan fingerprint density at radius 2 is 1.64 bits per heavy atom. The molecule has 0 bridgehead atoms. The monoisotopic (exact) mass is 374 g/mol. The summed E-state index contributed by atoms with van der Waals surface area (Å²) in [6.45, 7) is 1.95. The van der Waals surface area contributed by atoms with Crippen LogP contribution in [0.3, 0.4) is 0 Å². The average Bonchev–Trinajstić information content (AvgIpc) is 3.20. The number of rotatable bonds is 3. The van der Waals surface area contributed by atoms with Crippen molar-refractivity contribution in [2.75, 3.05) is 18.0 Å². The number of nitrogens with two attached hydrogens (primary N) is 1. The maximum Gasteiger partial charge on any atom is 0.226 e. The van der Waals surface area contributed by atoms with Gasteiger partial charge < -0.3 is 10.6 Å². The van der Waals surface area contributed by atoms with Gasteiger partial charge in [-0.3, -0.25) is 5.43 Å². The molecule has 2 unspecified atom stereocenters. The van der Waals surface area contributed by atoms with Crippen molar-refractivity contribution in [1.82, 2.24) is 20.8 Å². The van der Waals surface area contributed by atoms with Gasteiger partial charge in [0.25, 0.3) is 0 Å². The van der Waals surface area contributed by atoms with Crippen LogP contribution in [0.15, 0.2) is 54.6 Å². The van der Waals surface area contributed by atoms with Gasteiger partial charge in [0.1, 0.15) is 0 Å². The molecule has 0 radical (unpaired) electrons. The van der Waals surface area contributed by atoms with E-state index in [9.17, 15) is 0 Å². The van der Waals surface area contributed by atoms with Gasteiger partial charge in [-0.25, -0.2) is 15.4 Å². The smallest absolute Gasteiger partial charge is 0.226 e. The van der Waals surface area contributed by atoms with Crippen molar-refractivity contribution in [2.45, 2.75) is 31.5 Å². The van der Waals surface area contributed by atoms with Crippen LogP contribution in [0.5, 0.6) is 0 Å². The van der Waals surface area contributed by atoms with E-state index >= 15 is 0 Å². The lowest BCUT2D eigenvalue weighted by atomic mass is 9.88. The molecule has 0 saturated carbocycles. The summed E-state index contributed by atoms with van der Waals surface area (Å²) in [5.41, 5.74) is 15.6. The summed E-state index contributed by atoms with van der Waals surface area (Å²) >= 11 is 0. The fraction of sp³-hybridized carbons (Fsp3) is 0.364. The minimum atomic E-state index is 0.0697. The maximum atomic E-state index is 5.97. The first-order valence-corrected chi connectivity index (χ1v) is 10.1. The molecule has 2 fully saturated rings. The van der Waals surface area contributed by atoms with Crippen molar-refractivity contribution in [3.8, 4) is 11.3 Å². The zero-order chi connectivity index (χ0) is 18.9. The molecule has 6 heteroatoms. The van der Waals surface area contributed by atoms with E-state index in [1.165, 1.54) is 0 Å². The molecule has 2 aromatic carbocycles. The van der Waals surface area contributed by atoms with Crippen LogP contribution in [-0.2, 0) is 0 Å². The second kappa shape index (κ2) is 7.47. The summed E-state index contributed by atoms with van der Waals surface area (Å²) in [4.78, 5) is 12.2. The fourth-order valence-electron chi connectivity index (χ4n) is 4.44. The molecule has 4 N–H and O–H groups in total. The van der Waals surface area contributed by atoms with Crippen LogP contribution < -0.4 is 21.5 Å². The van der Waals surface area contributed by atoms with Gasteiger partial charge >= 0.3 is 0 Å². The Morgan fingerprint density at radius 1 is 0.893 bits per heavy atom. The van der Waals surface area contributed by atoms with Gasteiger partial charge in [0, 0.05) is 30.1 Å². The number of benzene rings is 2. The minimum absolute atomic E-state index is 0.0697. The number of hydrogen-bond acceptors (Lipinski definition) is 6. The number of fused-ring (bicyclic) bond motifs is 1.